The van der Waals surface area contributed by atoms with Crippen LogP contribution in [0.25, 0.3) is 116 Å². The number of aromatic amines is 5. The average Bonchev–Trinajstić information content (AvgIpc) is 1.53. The molecule has 0 aromatic carbocycles. The van der Waals surface area contributed by atoms with E-state index >= 15 is 0 Å². The Bertz CT molecular complexity index is 8010. The van der Waals surface area contributed by atoms with Crippen LogP contribution in [0.2, 0.25) is 0 Å². The van der Waals surface area contributed by atoms with Crippen molar-refractivity contribution in [3.8, 4) is 86.0 Å². The lowest BCUT2D eigenvalue weighted by Crippen LogP contribution is -2.67. The van der Waals surface area contributed by atoms with E-state index in [0.29, 0.717) is 48.4 Å². The lowest BCUT2D eigenvalue weighted by atomic mass is 9.80. The Kier molecular flexibility index (Phi) is 25.4. The zero-order valence-corrected chi connectivity index (χ0v) is 82.4. The largest absolute Gasteiger partial charge is 0.346 e. The van der Waals surface area contributed by atoms with Crippen LogP contribution in [0, 0.1) is 69.1 Å². The lowest BCUT2D eigenvalue weighted by Gasteiger charge is -2.50. The second-order valence-corrected chi connectivity index (χ2v) is 49.5. The van der Waals surface area contributed by atoms with Gasteiger partial charge in [0.05, 0.1) is 115 Å². The highest BCUT2D eigenvalue weighted by atomic mass is 32.2. The molecule has 1 saturated carbocycles. The molecule has 1 aliphatic carbocycles. The first-order valence-corrected chi connectivity index (χ1v) is 52.7. The fourth-order valence-corrected chi connectivity index (χ4v) is 27.0. The predicted molar refractivity (Wildman–Crippen MR) is 523 cm³/mol. The second-order valence-electron chi connectivity index (χ2n) is 38.0. The summed E-state index contributed by atoms with van der Waals surface area (Å²) in [5, 5.41) is 74.1. The molecule has 0 spiro atoms. The highest BCUT2D eigenvalue weighted by Gasteiger charge is 2.61. The first-order chi connectivity index (χ1) is 67.3. The zero-order chi connectivity index (χ0) is 99.8. The van der Waals surface area contributed by atoms with Crippen molar-refractivity contribution in [3.05, 3.63) is 190 Å². The number of aromatic nitrogens is 20. The molecule has 48 heteroatoms. The van der Waals surface area contributed by atoms with Crippen LogP contribution in [0.5, 0.6) is 0 Å². The topological polar surface area (TPSA) is 549 Å². The molecule has 5 N–H and O–H groups in total. The van der Waals surface area contributed by atoms with E-state index in [0.717, 1.165) is 111 Å². The number of pyridine rings is 5. The summed E-state index contributed by atoms with van der Waals surface area (Å²) >= 11 is 0. The molecule has 0 bridgehead atoms. The molecule has 7 aliphatic rings. The van der Waals surface area contributed by atoms with E-state index in [9.17, 15) is 68.4 Å². The number of H-pyrrole nitrogens is 5. The van der Waals surface area contributed by atoms with Crippen molar-refractivity contribution in [2.24, 2.45) is 5.92 Å². The molecule has 0 radical (unpaired) electrons. The van der Waals surface area contributed by atoms with Crippen molar-refractivity contribution in [1.29, 1.82) is 26.3 Å². The van der Waals surface area contributed by atoms with E-state index in [1.807, 2.05) is 111 Å². The van der Waals surface area contributed by atoms with Gasteiger partial charge in [-0.05, 0) is 144 Å². The van der Waals surface area contributed by atoms with E-state index in [1.165, 1.54) is 46.1 Å². The Morgan fingerprint density at radius 3 is 1.13 bits per heavy atom. The van der Waals surface area contributed by atoms with Gasteiger partial charge < -0.3 is 24.9 Å². The fraction of sp³-hybridized carbons (Fsp3) is 0.398. The second kappa shape index (κ2) is 36.8. The maximum Gasteiger partial charge on any atom is 0.282 e. The van der Waals surface area contributed by atoms with Gasteiger partial charge in [0.2, 0.25) is 35.8 Å². The van der Waals surface area contributed by atoms with E-state index in [4.69, 9.17) is 6.57 Å². The van der Waals surface area contributed by atoms with Crippen LogP contribution in [0.1, 0.15) is 92.9 Å². The van der Waals surface area contributed by atoms with Crippen molar-refractivity contribution in [2.75, 3.05) is 98.4 Å². The Morgan fingerprint density at radius 1 is 0.440 bits per heavy atom. The quantitative estimate of drug-likeness (QED) is 0.0351. The predicted octanol–water partition coefficient (Wildman–Crippen LogP) is 10.1. The first kappa shape index (κ1) is 97.1. The van der Waals surface area contributed by atoms with Crippen LogP contribution in [-0.2, 0) is 78.2 Å². The summed E-state index contributed by atoms with van der Waals surface area (Å²) in [6.45, 7) is 21.3. The van der Waals surface area contributed by atoms with Gasteiger partial charge in [0.1, 0.15) is 55.9 Å². The minimum Gasteiger partial charge on any atom is -0.346 e. The number of sulfonamides is 3. The SMILES string of the molecule is CC(C)(C)S(=O)(=O)N1CC(CC#N)(n2cc(-c3ccnc4[nH]ccc34)cn2)C1.CC1(S(=O)(=O)N2CC(CC#N)(n3cc(-c4ccnc5[nH]ccc45)cn3)C2)CC1.CCS(=O)(=O)N1CC(C(C)C#N)(n2cc(-c3ccnc4[nH]ccc34)cn2)C1.N#CCC1(n2cc(-c3ccnc4[nH]ccc34)cn2)CN(S(=O)(=O)N2CCCC2)C1.[C-]#[N+]c1cnc2[nH]ccc2c1-c1cnn(C2(CC#N)CN(S(=O)(=O)N(C)C)C2)c1. The highest BCUT2D eigenvalue weighted by molar-refractivity contribution is 7.91. The molecule has 728 valence electrons. The average molecular weight is 2000 g/mol. The number of rotatable bonds is 24. The van der Waals surface area contributed by atoms with Crippen LogP contribution in [0.4, 0.5) is 5.69 Å². The molecule has 21 heterocycles. The fourth-order valence-electron chi connectivity index (χ4n) is 19.0. The molecular weight excluding hydrogens is 1900 g/mol. The van der Waals surface area contributed by atoms with Gasteiger partial charge >= 0.3 is 0 Å². The van der Waals surface area contributed by atoms with Gasteiger partial charge in [-0.2, -0.15) is 98.8 Å². The number of nitriles is 5. The summed E-state index contributed by atoms with van der Waals surface area (Å²) in [5.41, 5.74) is 10.0. The highest BCUT2D eigenvalue weighted by Crippen LogP contribution is 2.50. The summed E-state index contributed by atoms with van der Waals surface area (Å²) < 4.78 is 143. The van der Waals surface area contributed by atoms with Crippen molar-refractivity contribution in [1.82, 2.24) is 129 Å². The summed E-state index contributed by atoms with van der Waals surface area (Å²) in [7, 11) is -14.1. The Morgan fingerprint density at radius 2 is 0.780 bits per heavy atom. The van der Waals surface area contributed by atoms with Crippen LogP contribution in [0.15, 0.2) is 179 Å². The van der Waals surface area contributed by atoms with Crippen molar-refractivity contribution >= 4 is 111 Å². The molecule has 1 unspecified atom stereocenters. The molecule has 6 saturated heterocycles. The molecule has 43 nitrogen and oxygen atoms in total. The summed E-state index contributed by atoms with van der Waals surface area (Å²) in [6.07, 6.45) is 39.6. The minimum atomic E-state index is -3.55. The van der Waals surface area contributed by atoms with Gasteiger partial charge in [-0.1, -0.05) is 0 Å². The van der Waals surface area contributed by atoms with E-state index in [2.05, 4.69) is 111 Å². The minimum absolute atomic E-state index is 0.0524. The van der Waals surface area contributed by atoms with Crippen molar-refractivity contribution in [2.45, 2.75) is 130 Å². The van der Waals surface area contributed by atoms with Gasteiger partial charge in [0, 0.05) is 246 Å². The molecule has 0 amide bonds. The third-order valence-corrected chi connectivity index (χ3v) is 38.6. The standard InChI is InChI=1S/C19H21N7O2S.C19H20N6O2S.C19H22N6O2S.C18H18N8O2S.C18H20N6O2S/c20-6-5-19(13-25(14-19)29(27,28)24-9-1-2-10-24)26-12-15(11-23-26)16-3-7-21-18-17(16)4-8-22-18;1-18(4-5-18)28(26,27)24-12-19(13-24,6-7-20)25-11-14(10-23-25)15-2-8-21-17-16(15)3-9-22-17;1-18(2,3)28(26,27)24-12-19(13-24,6-7-20)25-11-14(10-23-25)15-4-8-21-17-16(15)5-9-22-17;1-20-15-9-22-17-14(4-7-21-17)16(15)13-8-23-26(10-13)18(5-6-19)11-25(12-18)29(27,28)24(2)3;1-3-27(25,26)23-11-18(12-23,13(2)8-19)24-10-14(9-22-24)15-4-6-20-17-16(15)5-7-21-17/h3-4,7-8,11-12H,1-2,5,9-10,13-14H2,(H,21,22);2-3,8-11H,4-6,12-13H2,1H3,(H,21,22);4-5,8-11H,6,12-13H2,1-3H3,(H,21,22);4,7-10H,5,11-12H2,2-3H3,(H,21,22);4-7,9-10,13H,3,11-12H2,1-2H3,(H,20,21). The Balaban J connectivity index is 0.000000117. The van der Waals surface area contributed by atoms with E-state index in [1.54, 1.807) is 126 Å². The number of nitrogens with one attached hydrogen (secondary N) is 5. The van der Waals surface area contributed by atoms with Gasteiger partial charge in [0.25, 0.3) is 20.4 Å². The molecule has 6 aliphatic heterocycles. The molecule has 15 aromatic heterocycles. The molecule has 7 fully saturated rings. The molecule has 1 atom stereocenters. The molecular formula is C93H101N33O10S5. The van der Waals surface area contributed by atoms with E-state index < -0.39 is 87.7 Å². The third kappa shape index (κ3) is 17.2. The molecule has 141 heavy (non-hydrogen) atoms. The summed E-state index contributed by atoms with van der Waals surface area (Å²) in [4.78, 5) is 40.4. The van der Waals surface area contributed by atoms with Gasteiger partial charge in [-0.3, -0.25) is 28.4 Å². The lowest BCUT2D eigenvalue weighted by molar-refractivity contribution is 0.0357. The summed E-state index contributed by atoms with van der Waals surface area (Å²) in [6, 6.07) is 28.5. The Hall–Kier alpha value is -14.1. The first-order valence-electron chi connectivity index (χ1n) is 45.4. The smallest absolute Gasteiger partial charge is 0.282 e. The van der Waals surface area contributed by atoms with Crippen LogP contribution in [0.3, 0.4) is 0 Å². The zero-order valence-electron chi connectivity index (χ0n) is 78.3. The van der Waals surface area contributed by atoms with E-state index in [-0.39, 0.29) is 103 Å². The molecule has 22 rings (SSSR count). The van der Waals surface area contributed by atoms with Crippen LogP contribution < -0.4 is 0 Å². The third-order valence-electron chi connectivity index (χ3n) is 28.0. The maximum atomic E-state index is 12.8. The number of hydrogen-bond acceptors (Lipinski definition) is 25. The normalized spacial score (nSPS) is 18.5. The van der Waals surface area contributed by atoms with Gasteiger partial charge in [-0.15, -0.1) is 0 Å². The van der Waals surface area contributed by atoms with Crippen molar-refractivity contribution < 1.29 is 42.1 Å². The number of fused-ring (bicyclic) bond motifs is 5. The van der Waals surface area contributed by atoms with Crippen LogP contribution in [-0.4, -0.2) is 279 Å². The number of nitrogens with zero attached hydrogens (tertiary/aromatic N) is 28. The van der Waals surface area contributed by atoms with Crippen LogP contribution >= 0.6 is 0 Å². The Labute approximate surface area is 813 Å². The van der Waals surface area contributed by atoms with Gasteiger partial charge in [-0.25, -0.2) is 50.0 Å². The maximum absolute atomic E-state index is 12.8. The van der Waals surface area contributed by atoms with Crippen molar-refractivity contribution in [3.63, 3.8) is 0 Å². The number of hydrogen-bond donors (Lipinski definition) is 5. The molecule has 15 aromatic rings. The van der Waals surface area contributed by atoms with Gasteiger partial charge in [0.15, 0.2) is 0 Å². The monoisotopic (exact) mass is 2000 g/mol. The summed E-state index contributed by atoms with van der Waals surface area (Å²) in [5.74, 6) is -0.324.